The van der Waals surface area contributed by atoms with E-state index in [-0.39, 0.29) is 17.1 Å². The minimum Gasteiger partial charge on any atom is -0.507 e. The molecule has 0 saturated heterocycles. The molecule has 2 aromatic rings. The molecule has 0 spiro atoms. The van der Waals surface area contributed by atoms with Crippen molar-refractivity contribution in [1.82, 2.24) is 5.32 Å². The Bertz CT molecular complexity index is 801. The van der Waals surface area contributed by atoms with E-state index in [1.165, 1.54) is 13.0 Å². The van der Waals surface area contributed by atoms with Crippen molar-refractivity contribution in [1.29, 1.82) is 0 Å². The summed E-state index contributed by atoms with van der Waals surface area (Å²) in [5.41, 5.74) is 1.43. The quantitative estimate of drug-likeness (QED) is 0.743. The van der Waals surface area contributed by atoms with Gasteiger partial charge in [-0.1, -0.05) is 42.5 Å². The Hall–Kier alpha value is -3.15. The van der Waals surface area contributed by atoms with Crippen molar-refractivity contribution in [3.05, 3.63) is 65.2 Å². The number of esters is 1. The fourth-order valence-electron chi connectivity index (χ4n) is 2.41. The number of hydrogen-bond donors (Lipinski definition) is 2. The van der Waals surface area contributed by atoms with Gasteiger partial charge in [-0.2, -0.15) is 0 Å². The molecule has 2 N–H and O–H groups in total. The largest absolute Gasteiger partial charge is 0.507 e. The number of phenolic OH excluding ortho intramolecular Hbond substituents is 1. The minimum atomic E-state index is -0.802. The first-order valence-corrected chi connectivity index (χ1v) is 8.18. The summed E-state index contributed by atoms with van der Waals surface area (Å²) in [6.07, 6.45) is 0.356. The van der Waals surface area contributed by atoms with Crippen molar-refractivity contribution in [2.45, 2.75) is 26.3 Å². The summed E-state index contributed by atoms with van der Waals surface area (Å²) in [5.74, 6) is -1.75. The number of aryl methyl sites for hydroxylation is 1. The van der Waals surface area contributed by atoms with E-state index < -0.39 is 24.5 Å². The van der Waals surface area contributed by atoms with E-state index in [1.807, 2.05) is 30.3 Å². The van der Waals surface area contributed by atoms with Crippen LogP contribution >= 0.6 is 0 Å². The van der Waals surface area contributed by atoms with Crippen molar-refractivity contribution < 1.29 is 24.2 Å². The number of rotatable bonds is 7. The van der Waals surface area contributed by atoms with Gasteiger partial charge in [0.25, 0.3) is 5.91 Å². The molecule has 0 aliphatic carbocycles. The van der Waals surface area contributed by atoms with Crippen LogP contribution in [-0.4, -0.2) is 35.4 Å². The molecular weight excluding hydrogens is 334 g/mol. The van der Waals surface area contributed by atoms with Gasteiger partial charge >= 0.3 is 5.97 Å². The average Bonchev–Trinajstić information content (AvgIpc) is 2.62. The van der Waals surface area contributed by atoms with Crippen molar-refractivity contribution in [2.75, 3.05) is 6.61 Å². The Labute approximate surface area is 151 Å². The predicted molar refractivity (Wildman–Crippen MR) is 95.9 cm³/mol. The SMILES string of the molecule is CC(=O)[C@H](Cc1ccccc1)NC(=O)COC(=O)c1cccc(C)c1O. The van der Waals surface area contributed by atoms with Crippen LogP contribution in [0.4, 0.5) is 0 Å². The fraction of sp³-hybridized carbons (Fsp3) is 0.250. The lowest BCUT2D eigenvalue weighted by atomic mass is 10.0. The van der Waals surface area contributed by atoms with Crippen molar-refractivity contribution >= 4 is 17.7 Å². The van der Waals surface area contributed by atoms with Crippen LogP contribution in [0.1, 0.15) is 28.4 Å². The number of aromatic hydroxyl groups is 1. The number of para-hydroxylation sites is 1. The maximum absolute atomic E-state index is 12.0. The lowest BCUT2D eigenvalue weighted by molar-refractivity contribution is -0.128. The summed E-state index contributed by atoms with van der Waals surface area (Å²) in [6, 6.07) is 13.3. The molecule has 0 saturated carbocycles. The second-order valence-corrected chi connectivity index (χ2v) is 5.97. The normalized spacial score (nSPS) is 11.5. The van der Waals surface area contributed by atoms with E-state index in [1.54, 1.807) is 19.1 Å². The molecule has 6 nitrogen and oxygen atoms in total. The number of amides is 1. The molecule has 136 valence electrons. The lowest BCUT2D eigenvalue weighted by Crippen LogP contribution is -2.43. The summed E-state index contributed by atoms with van der Waals surface area (Å²) >= 11 is 0. The molecule has 0 aliphatic rings. The van der Waals surface area contributed by atoms with Crippen LogP contribution in [0.2, 0.25) is 0 Å². The molecule has 0 heterocycles. The van der Waals surface area contributed by atoms with Crippen LogP contribution < -0.4 is 5.32 Å². The monoisotopic (exact) mass is 355 g/mol. The zero-order valence-electron chi connectivity index (χ0n) is 14.7. The van der Waals surface area contributed by atoms with E-state index in [4.69, 9.17) is 4.74 Å². The molecule has 0 fully saturated rings. The molecule has 2 rings (SSSR count). The van der Waals surface area contributed by atoms with E-state index >= 15 is 0 Å². The topological polar surface area (TPSA) is 92.7 Å². The van der Waals surface area contributed by atoms with Crippen LogP contribution in [0.5, 0.6) is 5.75 Å². The van der Waals surface area contributed by atoms with Gasteiger partial charge in [-0.15, -0.1) is 0 Å². The lowest BCUT2D eigenvalue weighted by Gasteiger charge is -2.16. The van der Waals surface area contributed by atoms with Gasteiger partial charge in [0.05, 0.1) is 6.04 Å². The van der Waals surface area contributed by atoms with Gasteiger partial charge in [0.2, 0.25) is 0 Å². The number of ether oxygens (including phenoxy) is 1. The molecule has 1 amide bonds. The van der Waals surface area contributed by atoms with Gasteiger partial charge in [-0.25, -0.2) is 4.79 Å². The second-order valence-electron chi connectivity index (χ2n) is 5.97. The number of phenols is 1. The Morgan fingerprint density at radius 1 is 1.08 bits per heavy atom. The Balaban J connectivity index is 1.93. The first-order chi connectivity index (χ1) is 12.4. The molecule has 0 aliphatic heterocycles. The Kier molecular flexibility index (Phi) is 6.49. The summed E-state index contributed by atoms with van der Waals surface area (Å²) in [6.45, 7) is 2.51. The molecule has 1 atom stereocenters. The highest BCUT2D eigenvalue weighted by molar-refractivity contribution is 5.95. The molecule has 0 aromatic heterocycles. The highest BCUT2D eigenvalue weighted by atomic mass is 16.5. The average molecular weight is 355 g/mol. The molecule has 26 heavy (non-hydrogen) atoms. The second kappa shape index (κ2) is 8.80. The third-order valence-corrected chi connectivity index (χ3v) is 3.90. The van der Waals surface area contributed by atoms with E-state index in [0.717, 1.165) is 5.56 Å². The molecule has 2 aromatic carbocycles. The van der Waals surface area contributed by atoms with Crippen LogP contribution in [0.15, 0.2) is 48.5 Å². The van der Waals surface area contributed by atoms with Crippen molar-refractivity contribution in [2.24, 2.45) is 0 Å². The van der Waals surface area contributed by atoms with Gasteiger partial charge < -0.3 is 15.2 Å². The standard InChI is InChI=1S/C20H21NO5/c1-13-7-6-10-16(19(13)24)20(25)26-12-18(23)21-17(14(2)22)11-15-8-4-3-5-9-15/h3-10,17,24H,11-12H2,1-2H3,(H,21,23)/t17-/m0/s1. The summed E-state index contributed by atoms with van der Waals surface area (Å²) < 4.78 is 4.93. The van der Waals surface area contributed by atoms with Gasteiger partial charge in [0.15, 0.2) is 12.4 Å². The van der Waals surface area contributed by atoms with Gasteiger partial charge in [-0.3, -0.25) is 9.59 Å². The first kappa shape index (κ1) is 19.2. The number of benzene rings is 2. The van der Waals surface area contributed by atoms with Crippen molar-refractivity contribution in [3.8, 4) is 5.75 Å². The molecule has 0 unspecified atom stereocenters. The van der Waals surface area contributed by atoms with Gasteiger partial charge in [-0.05, 0) is 37.5 Å². The summed E-state index contributed by atoms with van der Waals surface area (Å²) in [7, 11) is 0. The summed E-state index contributed by atoms with van der Waals surface area (Å²) in [4.78, 5) is 35.8. The molecule has 0 radical (unpaired) electrons. The van der Waals surface area contributed by atoms with Gasteiger partial charge in [0.1, 0.15) is 11.3 Å². The fourth-order valence-corrected chi connectivity index (χ4v) is 2.41. The Morgan fingerprint density at radius 3 is 2.42 bits per heavy atom. The van der Waals surface area contributed by atoms with Crippen LogP contribution in [0, 0.1) is 6.92 Å². The number of hydrogen-bond acceptors (Lipinski definition) is 5. The zero-order chi connectivity index (χ0) is 19.1. The third-order valence-electron chi connectivity index (χ3n) is 3.90. The van der Waals surface area contributed by atoms with Crippen LogP contribution in [-0.2, 0) is 20.7 Å². The number of carbonyl (C=O) groups is 3. The maximum Gasteiger partial charge on any atom is 0.342 e. The Morgan fingerprint density at radius 2 is 1.77 bits per heavy atom. The molecule has 6 heteroatoms. The maximum atomic E-state index is 12.0. The number of nitrogens with one attached hydrogen (secondary N) is 1. The smallest absolute Gasteiger partial charge is 0.342 e. The third kappa shape index (κ3) is 5.17. The van der Waals surface area contributed by atoms with Crippen LogP contribution in [0.3, 0.4) is 0 Å². The molecule has 0 bridgehead atoms. The van der Waals surface area contributed by atoms with E-state index in [0.29, 0.717) is 12.0 Å². The van der Waals surface area contributed by atoms with Crippen LogP contribution in [0.25, 0.3) is 0 Å². The minimum absolute atomic E-state index is 0.00907. The number of ketones is 1. The van der Waals surface area contributed by atoms with E-state index in [2.05, 4.69) is 5.32 Å². The summed E-state index contributed by atoms with van der Waals surface area (Å²) in [5, 5.41) is 12.4. The predicted octanol–water partition coefficient (Wildman–Crippen LogP) is 2.17. The van der Waals surface area contributed by atoms with E-state index in [9.17, 15) is 19.5 Å². The number of Topliss-reactive ketones (excluding diaryl/α,β-unsaturated/α-hetero) is 1. The number of carbonyl (C=O) groups excluding carboxylic acids is 3. The highest BCUT2D eigenvalue weighted by Gasteiger charge is 2.20. The van der Waals surface area contributed by atoms with Crippen molar-refractivity contribution in [3.63, 3.8) is 0 Å². The van der Waals surface area contributed by atoms with Gasteiger partial charge in [0, 0.05) is 0 Å². The zero-order valence-corrected chi connectivity index (χ0v) is 14.7. The first-order valence-electron chi connectivity index (χ1n) is 8.18. The molecular formula is C20H21NO5. The highest BCUT2D eigenvalue weighted by Crippen LogP contribution is 2.21.